The van der Waals surface area contributed by atoms with Gasteiger partial charge in [-0.3, -0.25) is 0 Å². The summed E-state index contributed by atoms with van der Waals surface area (Å²) in [6.07, 6.45) is 0. The van der Waals surface area contributed by atoms with Crippen molar-refractivity contribution in [3.63, 3.8) is 0 Å². The summed E-state index contributed by atoms with van der Waals surface area (Å²) in [6.45, 7) is 2.67. The van der Waals surface area contributed by atoms with Gasteiger partial charge in [-0.15, -0.1) is 0 Å². The fourth-order valence-electron chi connectivity index (χ4n) is 1.86. The van der Waals surface area contributed by atoms with E-state index in [4.69, 9.17) is 12.2 Å². The Hall–Kier alpha value is -1.94. The maximum Gasteiger partial charge on any atom is 0.167 e. The van der Waals surface area contributed by atoms with Crippen LogP contribution in [0, 0.1) is 5.82 Å². The van der Waals surface area contributed by atoms with Crippen molar-refractivity contribution in [3.05, 3.63) is 71.5 Å². The molecule has 4 heteroatoms. The number of hydrogen-bond acceptors (Lipinski definition) is 1. The van der Waals surface area contributed by atoms with Crippen LogP contribution in [0.4, 0.5) is 4.39 Å². The summed E-state index contributed by atoms with van der Waals surface area (Å²) >= 11 is 5.26. The Morgan fingerprint density at radius 3 is 2.40 bits per heavy atom. The van der Waals surface area contributed by atoms with Crippen molar-refractivity contribution in [2.75, 3.05) is 0 Å². The third-order valence-corrected chi connectivity index (χ3v) is 3.28. The Kier molecular flexibility index (Phi) is 5.07. The van der Waals surface area contributed by atoms with Crippen LogP contribution in [0.1, 0.15) is 24.1 Å². The summed E-state index contributed by atoms with van der Waals surface area (Å²) in [5.41, 5.74) is 2.17. The van der Waals surface area contributed by atoms with Gasteiger partial charge in [0.15, 0.2) is 5.11 Å². The zero-order chi connectivity index (χ0) is 14.4. The molecular weight excluding hydrogens is 271 g/mol. The van der Waals surface area contributed by atoms with Gasteiger partial charge in [-0.05, 0) is 42.4 Å². The molecule has 0 spiro atoms. The van der Waals surface area contributed by atoms with Crippen LogP contribution in [0.15, 0.2) is 54.6 Å². The maximum atomic E-state index is 12.9. The fourth-order valence-corrected chi connectivity index (χ4v) is 2.11. The molecule has 2 N–H and O–H groups in total. The van der Waals surface area contributed by atoms with Crippen LogP contribution in [0.5, 0.6) is 0 Å². The summed E-state index contributed by atoms with van der Waals surface area (Å²) in [6, 6.07) is 16.5. The van der Waals surface area contributed by atoms with E-state index in [0.717, 1.165) is 5.56 Å². The average molecular weight is 288 g/mol. The number of thiocarbonyl (C=S) groups is 1. The van der Waals surface area contributed by atoms with E-state index in [0.29, 0.717) is 11.7 Å². The Labute approximate surface area is 124 Å². The highest BCUT2D eigenvalue weighted by Crippen LogP contribution is 2.12. The molecule has 0 amide bonds. The summed E-state index contributed by atoms with van der Waals surface area (Å²) in [5.74, 6) is -0.231. The minimum absolute atomic E-state index is 0.0337. The van der Waals surface area contributed by atoms with E-state index in [1.54, 1.807) is 12.1 Å². The first-order chi connectivity index (χ1) is 9.65. The summed E-state index contributed by atoms with van der Waals surface area (Å²) in [5, 5.41) is 6.93. The highest BCUT2D eigenvalue weighted by atomic mass is 32.1. The van der Waals surface area contributed by atoms with Gasteiger partial charge in [0.25, 0.3) is 0 Å². The van der Waals surface area contributed by atoms with Gasteiger partial charge < -0.3 is 10.6 Å². The molecule has 0 unspecified atom stereocenters. The molecule has 0 aromatic heterocycles. The van der Waals surface area contributed by atoms with Gasteiger partial charge >= 0.3 is 0 Å². The lowest BCUT2D eigenvalue weighted by atomic mass is 10.1. The molecule has 0 aliphatic heterocycles. The van der Waals surface area contributed by atoms with E-state index < -0.39 is 0 Å². The molecule has 0 saturated heterocycles. The van der Waals surface area contributed by atoms with E-state index in [2.05, 4.69) is 10.6 Å². The molecular formula is C16H17FN2S. The summed E-state index contributed by atoms with van der Waals surface area (Å²) in [7, 11) is 0. The molecule has 0 fully saturated rings. The van der Waals surface area contributed by atoms with Crippen LogP contribution in [-0.2, 0) is 6.54 Å². The number of hydrogen-bond donors (Lipinski definition) is 2. The molecule has 20 heavy (non-hydrogen) atoms. The number of nitrogens with one attached hydrogen (secondary N) is 2. The van der Waals surface area contributed by atoms with Gasteiger partial charge in [-0.1, -0.05) is 42.5 Å². The third kappa shape index (κ3) is 4.31. The molecule has 1 atom stereocenters. The molecule has 0 radical (unpaired) electrons. The second-order valence-corrected chi connectivity index (χ2v) is 4.99. The van der Waals surface area contributed by atoms with Crippen LogP contribution < -0.4 is 10.6 Å². The van der Waals surface area contributed by atoms with Crippen LogP contribution in [-0.4, -0.2) is 5.11 Å². The fraction of sp³-hybridized carbons (Fsp3) is 0.188. The van der Waals surface area contributed by atoms with Crippen molar-refractivity contribution in [3.8, 4) is 0 Å². The first-order valence-electron chi connectivity index (χ1n) is 6.49. The first kappa shape index (κ1) is 14.5. The second-order valence-electron chi connectivity index (χ2n) is 4.59. The topological polar surface area (TPSA) is 24.1 Å². The molecule has 104 valence electrons. The zero-order valence-corrected chi connectivity index (χ0v) is 12.1. The van der Waals surface area contributed by atoms with E-state index in [1.807, 2.05) is 37.3 Å². The van der Waals surface area contributed by atoms with E-state index in [9.17, 15) is 4.39 Å². The molecule has 0 bridgehead atoms. The van der Waals surface area contributed by atoms with Gasteiger partial charge in [0.2, 0.25) is 0 Å². The summed E-state index contributed by atoms with van der Waals surface area (Å²) in [4.78, 5) is 0. The number of halogens is 1. The highest BCUT2D eigenvalue weighted by Gasteiger charge is 2.06. The van der Waals surface area contributed by atoms with Crippen molar-refractivity contribution in [2.45, 2.75) is 19.5 Å². The quantitative estimate of drug-likeness (QED) is 0.841. The average Bonchev–Trinajstić information content (AvgIpc) is 2.47. The molecule has 0 heterocycles. The minimum Gasteiger partial charge on any atom is -0.359 e. The van der Waals surface area contributed by atoms with Crippen LogP contribution in [0.3, 0.4) is 0 Å². The molecule has 0 aliphatic carbocycles. The lowest BCUT2D eigenvalue weighted by Crippen LogP contribution is -2.36. The Morgan fingerprint density at radius 1 is 1.10 bits per heavy atom. The Morgan fingerprint density at radius 2 is 1.75 bits per heavy atom. The molecule has 2 nitrogen and oxygen atoms in total. The Bertz CT molecular complexity index is 554. The monoisotopic (exact) mass is 288 g/mol. The van der Waals surface area contributed by atoms with Crippen LogP contribution in [0.25, 0.3) is 0 Å². The normalized spacial score (nSPS) is 11.7. The highest BCUT2D eigenvalue weighted by molar-refractivity contribution is 7.80. The van der Waals surface area contributed by atoms with Crippen molar-refractivity contribution in [2.24, 2.45) is 0 Å². The standard InChI is InChI=1S/C16H17FN2S/c1-12(14-7-9-15(17)10-8-14)19-16(20)18-11-13-5-3-2-4-6-13/h2-10,12H,11H2,1H3,(H2,18,19,20)/t12-/m0/s1. The Balaban J connectivity index is 1.83. The van der Waals surface area contributed by atoms with Gasteiger partial charge in [-0.25, -0.2) is 4.39 Å². The lowest BCUT2D eigenvalue weighted by Gasteiger charge is -2.17. The van der Waals surface area contributed by atoms with E-state index in [-0.39, 0.29) is 11.9 Å². The maximum absolute atomic E-state index is 12.9. The van der Waals surface area contributed by atoms with Crippen molar-refractivity contribution in [1.29, 1.82) is 0 Å². The minimum atomic E-state index is -0.231. The van der Waals surface area contributed by atoms with Crippen molar-refractivity contribution < 1.29 is 4.39 Å². The molecule has 2 aromatic rings. The van der Waals surface area contributed by atoms with Crippen molar-refractivity contribution in [1.82, 2.24) is 10.6 Å². The predicted molar refractivity (Wildman–Crippen MR) is 83.8 cm³/mol. The summed E-state index contributed by atoms with van der Waals surface area (Å²) < 4.78 is 12.9. The second kappa shape index (κ2) is 7.01. The number of rotatable bonds is 4. The van der Waals surface area contributed by atoms with Gasteiger partial charge in [0.05, 0.1) is 6.04 Å². The van der Waals surface area contributed by atoms with Crippen LogP contribution >= 0.6 is 12.2 Å². The van der Waals surface area contributed by atoms with Gasteiger partial charge in [-0.2, -0.15) is 0 Å². The van der Waals surface area contributed by atoms with E-state index >= 15 is 0 Å². The largest absolute Gasteiger partial charge is 0.359 e. The van der Waals surface area contributed by atoms with E-state index in [1.165, 1.54) is 17.7 Å². The first-order valence-corrected chi connectivity index (χ1v) is 6.90. The molecule has 2 aromatic carbocycles. The smallest absolute Gasteiger partial charge is 0.167 e. The predicted octanol–water partition coefficient (Wildman–Crippen LogP) is 3.55. The zero-order valence-electron chi connectivity index (χ0n) is 11.3. The molecule has 0 saturated carbocycles. The lowest BCUT2D eigenvalue weighted by molar-refractivity contribution is 0.623. The molecule has 2 rings (SSSR count). The number of benzene rings is 2. The SMILES string of the molecule is C[C@H](NC(=S)NCc1ccccc1)c1ccc(F)cc1. The van der Waals surface area contributed by atoms with Gasteiger partial charge in [0, 0.05) is 6.54 Å². The van der Waals surface area contributed by atoms with Gasteiger partial charge in [0.1, 0.15) is 5.82 Å². The van der Waals surface area contributed by atoms with Crippen LogP contribution in [0.2, 0.25) is 0 Å². The third-order valence-electron chi connectivity index (χ3n) is 3.01. The molecule has 0 aliphatic rings. The van der Waals surface area contributed by atoms with Crippen molar-refractivity contribution >= 4 is 17.3 Å².